The van der Waals surface area contributed by atoms with Crippen LogP contribution in [0.4, 0.5) is 17.1 Å². The standard InChI is InChI=1S/C62H48BN3O2/c1-5-6-17-45-53(32-33-57-60(45)46-22-11-16-27-56(46)67-57)66-54-36-39(64-49-23-12-7-18-41(49)42-19-8-13-24-50(42)64)28-30-47(54)63-48-31-29-40(65-51-25-14-9-20-43(51)44-21-10-15-26-52(44)65)37-58(48)68-59-35-38(62(2,3)4)34-55(66)61(59)63/h7-16,18-37H,5-6,17H2,1-4H3. The molecule has 6 heteroatoms. The molecule has 0 radical (unpaired) electrons. The first-order valence-electron chi connectivity index (χ1n) is 24.2. The molecule has 14 rings (SSSR count). The molecule has 2 aliphatic heterocycles. The van der Waals surface area contributed by atoms with Crippen molar-refractivity contribution in [1.82, 2.24) is 9.13 Å². The Morgan fingerprint density at radius 3 is 1.65 bits per heavy atom. The van der Waals surface area contributed by atoms with E-state index in [-0.39, 0.29) is 12.1 Å². The van der Waals surface area contributed by atoms with Crippen molar-refractivity contribution in [2.75, 3.05) is 4.90 Å². The molecule has 0 amide bonds. The van der Waals surface area contributed by atoms with Crippen molar-refractivity contribution in [3.63, 3.8) is 0 Å². The zero-order chi connectivity index (χ0) is 45.4. The molecule has 0 spiro atoms. The molecule has 68 heavy (non-hydrogen) atoms. The molecule has 0 saturated heterocycles. The number of anilines is 3. The molecule has 0 saturated carbocycles. The van der Waals surface area contributed by atoms with Crippen LogP contribution in [0.25, 0.3) is 76.9 Å². The average Bonchev–Trinajstić information content (AvgIpc) is 4.03. The minimum absolute atomic E-state index is 0.0824. The molecular formula is C62H48BN3O2. The Hall–Kier alpha value is -7.96. The number of hydrogen-bond donors (Lipinski definition) is 0. The van der Waals surface area contributed by atoms with E-state index < -0.39 is 0 Å². The van der Waals surface area contributed by atoms with Crippen molar-refractivity contribution >= 4 is 106 Å². The van der Waals surface area contributed by atoms with Crippen LogP contribution in [0.3, 0.4) is 0 Å². The lowest BCUT2D eigenvalue weighted by molar-refractivity contribution is 0.483. The Bertz CT molecular complexity index is 3960. The molecule has 0 aliphatic carbocycles. The number of nitrogens with zero attached hydrogens (tertiary/aromatic N) is 3. The lowest BCUT2D eigenvalue weighted by atomic mass is 9.34. The number of furan rings is 1. The largest absolute Gasteiger partial charge is 0.458 e. The molecule has 5 heterocycles. The minimum Gasteiger partial charge on any atom is -0.458 e. The number of hydrogen-bond acceptors (Lipinski definition) is 3. The average molecular weight is 878 g/mol. The first-order valence-corrected chi connectivity index (χ1v) is 24.2. The van der Waals surface area contributed by atoms with Crippen LogP contribution in [0.1, 0.15) is 51.7 Å². The highest BCUT2D eigenvalue weighted by Crippen LogP contribution is 2.48. The van der Waals surface area contributed by atoms with Gasteiger partial charge in [-0.2, -0.15) is 0 Å². The Labute approximate surface area is 395 Å². The first kappa shape index (κ1) is 39.2. The third-order valence-corrected chi connectivity index (χ3v) is 14.9. The van der Waals surface area contributed by atoms with E-state index in [0.717, 1.165) is 64.4 Å². The summed E-state index contributed by atoms with van der Waals surface area (Å²) in [6.45, 7) is 9.15. The van der Waals surface area contributed by atoms with Gasteiger partial charge in [0.05, 0.1) is 27.8 Å². The second-order valence-corrected chi connectivity index (χ2v) is 19.9. The maximum absolute atomic E-state index is 7.35. The van der Waals surface area contributed by atoms with Crippen molar-refractivity contribution in [2.24, 2.45) is 0 Å². The van der Waals surface area contributed by atoms with Gasteiger partial charge >= 0.3 is 0 Å². The van der Waals surface area contributed by atoms with Gasteiger partial charge in [-0.15, -0.1) is 0 Å². The molecule has 2 aliphatic rings. The summed E-state index contributed by atoms with van der Waals surface area (Å²) in [7, 11) is 0. The van der Waals surface area contributed by atoms with Gasteiger partial charge in [-0.25, -0.2) is 0 Å². The fourth-order valence-electron chi connectivity index (χ4n) is 11.8. The Morgan fingerprint density at radius 2 is 1.04 bits per heavy atom. The molecule has 0 bridgehead atoms. The number of aromatic nitrogens is 2. The maximum atomic E-state index is 7.35. The summed E-state index contributed by atoms with van der Waals surface area (Å²) in [4.78, 5) is 2.59. The van der Waals surface area contributed by atoms with Gasteiger partial charge in [0.15, 0.2) is 0 Å². The van der Waals surface area contributed by atoms with E-state index in [9.17, 15) is 0 Å². The van der Waals surface area contributed by atoms with E-state index in [2.05, 4.69) is 224 Å². The topological polar surface area (TPSA) is 35.5 Å². The smallest absolute Gasteiger partial charge is 0.256 e. The van der Waals surface area contributed by atoms with Crippen LogP contribution in [0.2, 0.25) is 0 Å². The van der Waals surface area contributed by atoms with Crippen molar-refractivity contribution in [3.05, 3.63) is 193 Å². The quantitative estimate of drug-likeness (QED) is 0.156. The number of ether oxygens (including phenoxy) is 1. The highest BCUT2D eigenvalue weighted by atomic mass is 16.5. The molecule has 326 valence electrons. The molecule has 0 unspecified atom stereocenters. The zero-order valence-electron chi connectivity index (χ0n) is 38.7. The van der Waals surface area contributed by atoms with Crippen LogP contribution in [0.15, 0.2) is 186 Å². The highest BCUT2D eigenvalue weighted by molar-refractivity contribution is 6.99. The van der Waals surface area contributed by atoms with Gasteiger partial charge in [0.1, 0.15) is 22.7 Å². The van der Waals surface area contributed by atoms with Gasteiger partial charge in [-0.05, 0) is 119 Å². The first-order chi connectivity index (χ1) is 33.3. The summed E-state index contributed by atoms with van der Waals surface area (Å²) in [6, 6.07) is 67.0. The minimum atomic E-state index is -0.165. The van der Waals surface area contributed by atoms with Gasteiger partial charge < -0.3 is 23.2 Å². The predicted molar refractivity (Wildman–Crippen MR) is 286 cm³/mol. The predicted octanol–water partition coefficient (Wildman–Crippen LogP) is 14.8. The van der Waals surface area contributed by atoms with Gasteiger partial charge in [-0.1, -0.05) is 137 Å². The molecule has 5 nitrogen and oxygen atoms in total. The van der Waals surface area contributed by atoms with Crippen molar-refractivity contribution in [1.29, 1.82) is 0 Å². The van der Waals surface area contributed by atoms with Crippen LogP contribution < -0.4 is 26.0 Å². The summed E-state index contributed by atoms with van der Waals surface area (Å²) in [5.74, 6) is 1.80. The summed E-state index contributed by atoms with van der Waals surface area (Å²) >= 11 is 0. The third kappa shape index (κ3) is 5.58. The number of benzene rings is 9. The van der Waals surface area contributed by atoms with Crippen LogP contribution in [-0.2, 0) is 11.8 Å². The number of para-hydroxylation sites is 5. The Kier molecular flexibility index (Phi) is 8.38. The van der Waals surface area contributed by atoms with Crippen molar-refractivity contribution in [2.45, 2.75) is 52.4 Å². The zero-order valence-corrected chi connectivity index (χ0v) is 38.7. The number of aryl methyl sites for hydroxylation is 1. The monoisotopic (exact) mass is 877 g/mol. The molecule has 0 fully saturated rings. The van der Waals surface area contributed by atoms with Gasteiger partial charge in [0.25, 0.3) is 6.71 Å². The van der Waals surface area contributed by atoms with E-state index >= 15 is 0 Å². The fraction of sp³-hybridized carbons (Fsp3) is 0.129. The summed E-state index contributed by atoms with van der Waals surface area (Å²) in [6.07, 6.45) is 3.06. The Balaban J connectivity index is 1.07. The van der Waals surface area contributed by atoms with Crippen molar-refractivity contribution < 1.29 is 9.15 Å². The normalized spacial score (nSPS) is 13.2. The van der Waals surface area contributed by atoms with E-state index in [1.165, 1.54) is 87.9 Å². The van der Waals surface area contributed by atoms with Crippen molar-refractivity contribution in [3.8, 4) is 22.9 Å². The summed E-state index contributed by atoms with van der Waals surface area (Å²) in [5.41, 5.74) is 18.3. The molecule has 12 aromatic rings. The van der Waals surface area contributed by atoms with E-state index in [1.807, 2.05) is 0 Å². The van der Waals surface area contributed by atoms with E-state index in [4.69, 9.17) is 9.15 Å². The summed E-state index contributed by atoms with van der Waals surface area (Å²) in [5, 5.41) is 7.34. The van der Waals surface area contributed by atoms with Gasteiger partial charge in [-0.3, -0.25) is 0 Å². The van der Waals surface area contributed by atoms with E-state index in [0.29, 0.717) is 0 Å². The highest BCUT2D eigenvalue weighted by Gasteiger charge is 2.43. The second-order valence-electron chi connectivity index (χ2n) is 19.9. The second kappa shape index (κ2) is 14.5. The third-order valence-electron chi connectivity index (χ3n) is 14.9. The fourth-order valence-corrected chi connectivity index (χ4v) is 11.8. The van der Waals surface area contributed by atoms with Crippen LogP contribution in [0, 0.1) is 0 Å². The summed E-state index contributed by atoms with van der Waals surface area (Å²) < 4.78 is 18.8. The lowest BCUT2D eigenvalue weighted by Crippen LogP contribution is -2.59. The lowest BCUT2D eigenvalue weighted by Gasteiger charge is -2.42. The molecule has 9 aromatic carbocycles. The van der Waals surface area contributed by atoms with Gasteiger partial charge in [0.2, 0.25) is 0 Å². The molecule has 0 N–H and O–H groups in total. The van der Waals surface area contributed by atoms with E-state index in [1.54, 1.807) is 0 Å². The molecule has 0 atom stereocenters. The maximum Gasteiger partial charge on any atom is 0.256 e. The number of unbranched alkanes of at least 4 members (excludes halogenated alkanes) is 1. The van der Waals surface area contributed by atoms with Crippen LogP contribution in [0.5, 0.6) is 11.5 Å². The van der Waals surface area contributed by atoms with Gasteiger partial charge in [0, 0.05) is 61.1 Å². The van der Waals surface area contributed by atoms with Crippen LogP contribution in [-0.4, -0.2) is 15.8 Å². The van der Waals surface area contributed by atoms with Crippen LogP contribution >= 0.6 is 0 Å². The molecule has 3 aromatic heterocycles. The molecular weight excluding hydrogens is 830 g/mol. The number of fused-ring (bicyclic) bond motifs is 13. The number of rotatable bonds is 6. The Morgan fingerprint density at radius 1 is 0.485 bits per heavy atom. The SMILES string of the molecule is CCCCc1c(N2c3cc(-n4c5ccccc5c5ccccc54)ccc3B3c4ccc(-n5c6ccccc6c6ccccc65)cc4Oc4cc(C(C)(C)C)cc2c43)ccc2oc3ccccc3c12.